The smallest absolute Gasteiger partial charge is 0.0652 e. The van der Waals surface area contributed by atoms with E-state index in [1.54, 1.807) is 0 Å². The van der Waals surface area contributed by atoms with Crippen LogP contribution in [0, 0.1) is 6.92 Å². The summed E-state index contributed by atoms with van der Waals surface area (Å²) in [5.74, 6) is 0. The van der Waals surface area contributed by atoms with Crippen molar-refractivity contribution in [3.8, 4) is 22.5 Å². The van der Waals surface area contributed by atoms with Crippen LogP contribution in [0.3, 0.4) is 0 Å². The van der Waals surface area contributed by atoms with E-state index in [9.17, 15) is 11.0 Å². The van der Waals surface area contributed by atoms with Crippen LogP contribution < -0.4 is 0 Å². The first kappa shape index (κ1) is 11.3. The number of rotatable bonds is 3. The molecule has 0 unspecified atom stereocenters. The fourth-order valence-corrected chi connectivity index (χ4v) is 6.99. The number of aromatic nitrogens is 2. The largest absolute Gasteiger partial charge is 0.309 e. The van der Waals surface area contributed by atoms with Crippen LogP contribution in [0.1, 0.15) is 39.8 Å². The van der Waals surface area contributed by atoms with Crippen LogP contribution in [0.5, 0.6) is 0 Å². The highest BCUT2D eigenvalue weighted by molar-refractivity contribution is 7.26. The zero-order valence-corrected chi connectivity index (χ0v) is 24.1. The number of fused-ring (bicyclic) bond motifs is 10. The van der Waals surface area contributed by atoms with E-state index in [0.717, 1.165) is 9.13 Å². The predicted octanol–water partition coefficient (Wildman–Crippen LogP) is 12.2. The lowest BCUT2D eigenvalue weighted by molar-refractivity contribution is 1.17. The molecule has 0 atom stereocenters. The average molecular weight is 630 g/mol. The summed E-state index contributed by atoms with van der Waals surface area (Å²) in [5, 5.41) is -2.40. The summed E-state index contributed by atoms with van der Waals surface area (Å²) in [5.41, 5.74) is -4.68. The second-order valence-corrected chi connectivity index (χ2v) is 11.3. The Morgan fingerprint density at radius 3 is 1.80 bits per heavy atom. The second-order valence-electron chi connectivity index (χ2n) is 10.3. The molecule has 0 amide bonds. The third-order valence-corrected chi connectivity index (χ3v) is 8.86. The molecule has 2 nitrogen and oxygen atoms in total. The molecule has 3 heteroatoms. The van der Waals surface area contributed by atoms with E-state index in [-0.39, 0.29) is 25.7 Å². The minimum atomic E-state index is -0.892. The molecule has 10 aromatic rings. The molecule has 0 fully saturated rings. The molecule has 0 bridgehead atoms. The predicted molar refractivity (Wildman–Crippen MR) is 198 cm³/mol. The molecule has 10 rings (SSSR count). The Bertz CT molecular complexity index is 4180. The number of hydrogen-bond acceptors (Lipinski definition) is 1. The molecule has 3 heterocycles. The normalized spacial score (nSPS) is 19.6. The van der Waals surface area contributed by atoms with Crippen molar-refractivity contribution in [3.63, 3.8) is 0 Å². The van der Waals surface area contributed by atoms with Gasteiger partial charge in [0.05, 0.1) is 56.3 Å². The van der Waals surface area contributed by atoms with E-state index in [2.05, 4.69) is 0 Å². The first-order valence-electron chi connectivity index (χ1n) is 26.2. The lowest BCUT2D eigenvalue weighted by Crippen LogP contribution is -1.96. The van der Waals surface area contributed by atoms with E-state index in [1.165, 1.54) is 6.92 Å². The first-order valence-corrected chi connectivity index (χ1v) is 14.6. The number of thiophene rings is 1. The monoisotopic (exact) mass is 629 g/mol. The molecule has 0 aliphatic heterocycles. The maximum atomic E-state index is 10.0. The summed E-state index contributed by atoms with van der Waals surface area (Å²) in [4.78, 5) is 0. The van der Waals surface area contributed by atoms with Gasteiger partial charge in [-0.05, 0) is 72.4 Å². The Hall–Kier alpha value is -5.64. The number of nitrogens with zero attached hydrogens (tertiary/aromatic N) is 2. The van der Waals surface area contributed by atoms with Crippen molar-refractivity contribution in [2.24, 2.45) is 0 Å². The van der Waals surface area contributed by atoms with Gasteiger partial charge in [0.25, 0.3) is 0 Å². The lowest BCUT2D eigenvalue weighted by atomic mass is 10.0. The SMILES string of the molecule is [2H]c1c([2H])c([2H])c(-c2c([2H])c(-n3c4c([2H])c([2H])c([2H])c([2H])c4c4c5c6c([2H])c([2H])c([2H])c([2H])c6n(-c6c([2H])c([2H])c([2H])c(C)c6[2H])c5c([2H])c([2H])c43)c([2H])c3c2sc2c([2H])c([2H])c([2H])c([2H])c23)c([2H])c1[2H]. The Morgan fingerprint density at radius 2 is 1.09 bits per heavy atom. The van der Waals surface area contributed by atoms with Gasteiger partial charge in [0, 0.05) is 58.7 Å². The average Bonchev–Trinajstić information content (AvgIpc) is 4.02. The summed E-state index contributed by atoms with van der Waals surface area (Å²) >= 11 is 0.637. The summed E-state index contributed by atoms with van der Waals surface area (Å²) < 4.78 is 227. The molecule has 0 saturated heterocycles. The molecular formula is C43H28N2S. The van der Waals surface area contributed by atoms with Crippen molar-refractivity contribution in [2.45, 2.75) is 6.92 Å². The molecule has 3 aromatic heterocycles. The fourth-order valence-electron chi connectivity index (χ4n) is 5.92. The Morgan fingerprint density at radius 1 is 0.478 bits per heavy atom. The number of para-hydroxylation sites is 2. The molecular weight excluding hydrogens is 577 g/mol. The Balaban J connectivity index is 1.59. The zero-order valence-electron chi connectivity index (χ0n) is 48.3. The highest BCUT2D eigenvalue weighted by Crippen LogP contribution is 2.45. The van der Waals surface area contributed by atoms with Gasteiger partial charge in [-0.2, -0.15) is 0 Å². The van der Waals surface area contributed by atoms with Gasteiger partial charge in [0.15, 0.2) is 0 Å². The molecule has 0 radical (unpaired) electrons. The first-order chi connectivity index (χ1) is 33.2. The van der Waals surface area contributed by atoms with Gasteiger partial charge in [-0.3, -0.25) is 0 Å². The van der Waals surface area contributed by atoms with Gasteiger partial charge in [-0.15, -0.1) is 11.3 Å². The van der Waals surface area contributed by atoms with E-state index >= 15 is 0 Å². The van der Waals surface area contributed by atoms with Crippen molar-refractivity contribution in [1.29, 1.82) is 0 Å². The third-order valence-electron chi connectivity index (χ3n) is 7.73. The standard InChI is InChI=1S/C43H28N2S/c1-27-12-11-15-29(24-27)44-36-19-8-5-17-32(36)41-38(44)22-23-39-42(41)33-18-6-9-20-37(33)45(39)30-25-34(28-13-3-2-4-14-28)43-35(26-30)31-16-7-10-21-40(31)46-43/h2-26H,1H3/i2D,3D,4D,5D,6D,7D,8D,9D,10D,11D,12D,13D,14D,15D,16D,17D,18D,19D,20D,21D,22D,23D,24D,25D,26D. The highest BCUT2D eigenvalue weighted by Gasteiger charge is 2.21. The van der Waals surface area contributed by atoms with Crippen molar-refractivity contribution in [1.82, 2.24) is 9.13 Å². The van der Waals surface area contributed by atoms with E-state index in [1.807, 2.05) is 0 Å². The lowest BCUT2D eigenvalue weighted by Gasteiger charge is -2.13. The van der Waals surface area contributed by atoms with E-state index in [4.69, 9.17) is 23.3 Å². The summed E-state index contributed by atoms with van der Waals surface area (Å²) in [7, 11) is 0. The maximum Gasteiger partial charge on any atom is 0.0652 e. The van der Waals surface area contributed by atoms with Crippen molar-refractivity contribution >= 4 is 75.1 Å². The molecule has 0 aliphatic rings. The molecule has 0 spiro atoms. The van der Waals surface area contributed by atoms with Crippen LogP contribution in [-0.2, 0) is 0 Å². The topological polar surface area (TPSA) is 9.86 Å². The third kappa shape index (κ3) is 3.58. The summed E-state index contributed by atoms with van der Waals surface area (Å²) in [6.07, 6.45) is 0. The maximum absolute atomic E-state index is 10.0. The highest BCUT2D eigenvalue weighted by atomic mass is 32.1. The van der Waals surface area contributed by atoms with Crippen LogP contribution in [0.15, 0.2) is 151 Å². The van der Waals surface area contributed by atoms with Crippen molar-refractivity contribution in [3.05, 3.63) is 157 Å². The zero-order chi connectivity index (χ0) is 52.1. The van der Waals surface area contributed by atoms with Gasteiger partial charge in [-0.25, -0.2) is 0 Å². The quantitative estimate of drug-likeness (QED) is 0.184. The van der Waals surface area contributed by atoms with Gasteiger partial charge in [0.1, 0.15) is 0 Å². The van der Waals surface area contributed by atoms with Crippen LogP contribution in [-0.4, -0.2) is 9.13 Å². The minimum Gasteiger partial charge on any atom is -0.309 e. The number of hydrogen-bond donors (Lipinski definition) is 0. The van der Waals surface area contributed by atoms with Gasteiger partial charge in [0.2, 0.25) is 0 Å². The van der Waals surface area contributed by atoms with Crippen molar-refractivity contribution in [2.75, 3.05) is 0 Å². The Kier molecular flexibility index (Phi) is 2.38. The van der Waals surface area contributed by atoms with Gasteiger partial charge in [-0.1, -0.05) is 96.7 Å². The summed E-state index contributed by atoms with van der Waals surface area (Å²) in [6.45, 7) is 1.31. The molecule has 0 saturated carbocycles. The molecule has 7 aromatic carbocycles. The van der Waals surface area contributed by atoms with Crippen LogP contribution in [0.4, 0.5) is 0 Å². The molecule has 0 aliphatic carbocycles. The molecule has 216 valence electrons. The van der Waals surface area contributed by atoms with E-state index < -0.39 is 217 Å². The minimum absolute atomic E-state index is 0.136. The van der Waals surface area contributed by atoms with E-state index in [0.29, 0.717) is 11.3 Å². The molecule has 46 heavy (non-hydrogen) atoms. The second kappa shape index (κ2) is 9.68. The van der Waals surface area contributed by atoms with Crippen LogP contribution >= 0.6 is 11.3 Å². The fraction of sp³-hybridized carbons (Fsp3) is 0.0233. The number of benzene rings is 7. The van der Waals surface area contributed by atoms with Crippen LogP contribution in [0.25, 0.3) is 86.3 Å². The van der Waals surface area contributed by atoms with Gasteiger partial charge < -0.3 is 9.13 Å². The van der Waals surface area contributed by atoms with Gasteiger partial charge >= 0.3 is 0 Å². The van der Waals surface area contributed by atoms with Crippen LogP contribution in [0.2, 0.25) is 0 Å². The molecule has 0 N–H and O–H groups in total. The Labute approximate surface area is 305 Å². The van der Waals surface area contributed by atoms with Crippen molar-refractivity contribution < 1.29 is 34.3 Å². The summed E-state index contributed by atoms with van der Waals surface area (Å²) in [6, 6.07) is -19.5.